The van der Waals surface area contributed by atoms with Crippen molar-refractivity contribution < 1.29 is 9.72 Å². The Morgan fingerprint density at radius 3 is 2.33 bits per heavy atom. The lowest BCUT2D eigenvalue weighted by atomic mass is 10.1. The van der Waals surface area contributed by atoms with Crippen molar-refractivity contribution in [3.8, 4) is 0 Å². The van der Waals surface area contributed by atoms with Crippen LogP contribution >= 0.6 is 11.3 Å². The Balaban J connectivity index is 3.34. The normalized spacial score (nSPS) is 11.2. The highest BCUT2D eigenvalue weighted by molar-refractivity contribution is 7.18. The first-order chi connectivity index (χ1) is 9.81. The largest absolute Gasteiger partial charge is 0.355 e. The van der Waals surface area contributed by atoms with Gasteiger partial charge in [-0.2, -0.15) is 0 Å². The molecule has 0 aliphatic heterocycles. The Bertz CT molecular complexity index is 507. The van der Waals surface area contributed by atoms with E-state index in [0.717, 1.165) is 19.4 Å². The van der Waals surface area contributed by atoms with E-state index in [1.165, 1.54) is 24.3 Å². The van der Waals surface area contributed by atoms with E-state index >= 15 is 0 Å². The minimum atomic E-state index is -0.381. The minimum Gasteiger partial charge on any atom is -0.355 e. The summed E-state index contributed by atoms with van der Waals surface area (Å²) in [6.07, 6.45) is 1.85. The molecule has 0 saturated heterocycles. The molecule has 0 aromatic carbocycles. The van der Waals surface area contributed by atoms with Gasteiger partial charge in [-0.1, -0.05) is 27.7 Å². The number of hydrogen-bond donors (Lipinski definition) is 0. The molecule has 0 atom stereocenters. The molecule has 1 rings (SSSR count). The van der Waals surface area contributed by atoms with E-state index in [2.05, 4.69) is 32.6 Å². The number of rotatable bonds is 8. The molecule has 0 saturated carbocycles. The van der Waals surface area contributed by atoms with E-state index in [1.807, 2.05) is 0 Å². The lowest BCUT2D eigenvalue weighted by Gasteiger charge is -2.32. The Labute approximate surface area is 130 Å². The monoisotopic (exact) mass is 312 g/mol. The number of nitro groups is 1. The van der Waals surface area contributed by atoms with Gasteiger partial charge in [-0.3, -0.25) is 14.9 Å². The summed E-state index contributed by atoms with van der Waals surface area (Å²) in [5, 5.41) is 11.9. The molecular formula is C15H24N2O3S. The highest BCUT2D eigenvalue weighted by Crippen LogP contribution is 2.40. The third kappa shape index (κ3) is 4.27. The van der Waals surface area contributed by atoms with E-state index in [1.54, 1.807) is 0 Å². The predicted molar refractivity (Wildman–Crippen MR) is 87.5 cm³/mol. The number of thiophene rings is 1. The third-order valence-electron chi connectivity index (χ3n) is 3.44. The van der Waals surface area contributed by atoms with E-state index < -0.39 is 0 Å². The maximum absolute atomic E-state index is 11.6. The van der Waals surface area contributed by atoms with Crippen LogP contribution in [0.15, 0.2) is 6.07 Å². The van der Waals surface area contributed by atoms with Gasteiger partial charge in [0.05, 0.1) is 9.80 Å². The molecule has 0 spiro atoms. The molecule has 0 radical (unpaired) electrons. The molecule has 1 aromatic rings. The summed E-state index contributed by atoms with van der Waals surface area (Å²) >= 11 is 1.24. The SMILES string of the molecule is CCC(CC)N(CC(C)C)c1sc(C(C)=O)cc1[N+](=O)[O-]. The van der Waals surface area contributed by atoms with Gasteiger partial charge in [0, 0.05) is 18.7 Å². The van der Waals surface area contributed by atoms with Crippen LogP contribution in [0.1, 0.15) is 57.1 Å². The number of carbonyl (C=O) groups excluding carboxylic acids is 1. The van der Waals surface area contributed by atoms with Crippen molar-refractivity contribution in [3.63, 3.8) is 0 Å². The van der Waals surface area contributed by atoms with Crippen molar-refractivity contribution in [2.75, 3.05) is 11.4 Å². The number of nitrogens with zero attached hydrogens (tertiary/aromatic N) is 2. The number of hydrogen-bond acceptors (Lipinski definition) is 5. The lowest BCUT2D eigenvalue weighted by Crippen LogP contribution is -2.37. The molecular weight excluding hydrogens is 288 g/mol. The van der Waals surface area contributed by atoms with Crippen LogP contribution in [0.3, 0.4) is 0 Å². The average molecular weight is 312 g/mol. The average Bonchev–Trinajstić information content (AvgIpc) is 2.83. The second-order valence-electron chi connectivity index (χ2n) is 5.63. The van der Waals surface area contributed by atoms with E-state index in [-0.39, 0.29) is 22.4 Å². The van der Waals surface area contributed by atoms with Crippen LogP contribution in [-0.4, -0.2) is 23.3 Å². The van der Waals surface area contributed by atoms with Crippen LogP contribution in [0.4, 0.5) is 10.7 Å². The summed E-state index contributed by atoms with van der Waals surface area (Å²) in [4.78, 5) is 25.1. The zero-order valence-electron chi connectivity index (χ0n) is 13.4. The molecule has 0 fully saturated rings. The first-order valence-corrected chi connectivity index (χ1v) is 8.19. The summed E-state index contributed by atoms with van der Waals surface area (Å²) in [7, 11) is 0. The molecule has 1 aromatic heterocycles. The maximum Gasteiger partial charge on any atom is 0.304 e. The zero-order valence-corrected chi connectivity index (χ0v) is 14.2. The van der Waals surface area contributed by atoms with Crippen LogP contribution in [0, 0.1) is 16.0 Å². The maximum atomic E-state index is 11.6. The zero-order chi connectivity index (χ0) is 16.2. The molecule has 0 amide bonds. The van der Waals surface area contributed by atoms with Crippen LogP contribution in [0.2, 0.25) is 0 Å². The molecule has 6 heteroatoms. The van der Waals surface area contributed by atoms with Crippen LogP contribution < -0.4 is 4.90 Å². The van der Waals surface area contributed by atoms with E-state index in [9.17, 15) is 14.9 Å². The number of Topliss-reactive ketones (excluding diaryl/α,β-unsaturated/α-hetero) is 1. The number of ketones is 1. The number of carbonyl (C=O) groups is 1. The fraction of sp³-hybridized carbons (Fsp3) is 0.667. The Hall–Kier alpha value is -1.43. The van der Waals surface area contributed by atoms with Crippen molar-refractivity contribution >= 4 is 27.8 Å². The lowest BCUT2D eigenvalue weighted by molar-refractivity contribution is -0.383. The Morgan fingerprint density at radius 1 is 1.38 bits per heavy atom. The van der Waals surface area contributed by atoms with Gasteiger partial charge in [-0.25, -0.2) is 0 Å². The van der Waals surface area contributed by atoms with E-state index in [0.29, 0.717) is 15.8 Å². The summed E-state index contributed by atoms with van der Waals surface area (Å²) in [5.41, 5.74) is 0.0535. The van der Waals surface area contributed by atoms with Crippen molar-refractivity contribution in [2.24, 2.45) is 5.92 Å². The first-order valence-electron chi connectivity index (χ1n) is 7.37. The molecule has 0 aliphatic rings. The van der Waals surface area contributed by atoms with Gasteiger partial charge in [-0.05, 0) is 25.7 Å². The predicted octanol–water partition coefficient (Wildman–Crippen LogP) is 4.51. The summed E-state index contributed by atoms with van der Waals surface area (Å²) < 4.78 is 0. The Kier molecular flexibility index (Phi) is 6.33. The van der Waals surface area contributed by atoms with Crippen LogP contribution in [-0.2, 0) is 0 Å². The van der Waals surface area contributed by atoms with Gasteiger partial charge >= 0.3 is 5.69 Å². The van der Waals surface area contributed by atoms with Gasteiger partial charge in [0.25, 0.3) is 0 Å². The molecule has 0 bridgehead atoms. The van der Waals surface area contributed by atoms with Crippen molar-refractivity contribution in [1.82, 2.24) is 0 Å². The molecule has 0 unspecified atom stereocenters. The van der Waals surface area contributed by atoms with Crippen LogP contribution in [0.25, 0.3) is 0 Å². The fourth-order valence-electron chi connectivity index (χ4n) is 2.40. The first kappa shape index (κ1) is 17.6. The van der Waals surface area contributed by atoms with Gasteiger partial charge in [0.2, 0.25) is 0 Å². The van der Waals surface area contributed by atoms with Gasteiger partial charge < -0.3 is 4.90 Å². The molecule has 21 heavy (non-hydrogen) atoms. The molecule has 0 N–H and O–H groups in total. The van der Waals surface area contributed by atoms with Gasteiger partial charge in [0.1, 0.15) is 0 Å². The second-order valence-corrected chi connectivity index (χ2v) is 6.66. The summed E-state index contributed by atoms with van der Waals surface area (Å²) in [6.45, 7) is 10.6. The number of anilines is 1. The minimum absolute atomic E-state index is 0.0535. The van der Waals surface area contributed by atoms with Crippen molar-refractivity contribution in [3.05, 3.63) is 21.1 Å². The fourth-order valence-corrected chi connectivity index (χ4v) is 3.50. The molecule has 118 valence electrons. The molecule has 5 nitrogen and oxygen atoms in total. The molecule has 0 aliphatic carbocycles. The second kappa shape index (κ2) is 7.54. The Morgan fingerprint density at radius 2 is 1.95 bits per heavy atom. The van der Waals surface area contributed by atoms with Crippen molar-refractivity contribution in [1.29, 1.82) is 0 Å². The van der Waals surface area contributed by atoms with Crippen molar-refractivity contribution in [2.45, 2.75) is 53.5 Å². The van der Waals surface area contributed by atoms with Crippen LogP contribution in [0.5, 0.6) is 0 Å². The smallest absolute Gasteiger partial charge is 0.304 e. The summed E-state index contributed by atoms with van der Waals surface area (Å²) in [6, 6.07) is 1.67. The third-order valence-corrected chi connectivity index (χ3v) is 4.71. The highest BCUT2D eigenvalue weighted by atomic mass is 32.1. The van der Waals surface area contributed by atoms with Gasteiger partial charge in [0.15, 0.2) is 10.8 Å². The quantitative estimate of drug-likeness (QED) is 0.402. The van der Waals surface area contributed by atoms with E-state index in [4.69, 9.17) is 0 Å². The topological polar surface area (TPSA) is 63.5 Å². The summed E-state index contributed by atoms with van der Waals surface area (Å²) in [5.74, 6) is 0.275. The highest BCUT2D eigenvalue weighted by Gasteiger charge is 2.28. The molecule has 1 heterocycles. The van der Waals surface area contributed by atoms with Gasteiger partial charge in [-0.15, -0.1) is 11.3 Å². The standard InChI is InChI=1S/C15H24N2O3S/c1-6-12(7-2)16(9-10(3)4)15-13(17(19)20)8-14(21-15)11(5)18/h8,10,12H,6-7,9H2,1-5H3.